The number of hydrogen-bond acceptors (Lipinski definition) is 4. The molecule has 2 heterocycles. The van der Waals surface area contributed by atoms with E-state index in [4.69, 9.17) is 9.97 Å². The van der Waals surface area contributed by atoms with Crippen LogP contribution in [-0.2, 0) is 21.8 Å². The summed E-state index contributed by atoms with van der Waals surface area (Å²) in [6, 6.07) is 15.4. The van der Waals surface area contributed by atoms with E-state index in [9.17, 15) is 0 Å². The van der Waals surface area contributed by atoms with Crippen molar-refractivity contribution in [1.82, 2.24) is 15.3 Å². The van der Waals surface area contributed by atoms with Gasteiger partial charge in [0.25, 0.3) is 0 Å². The molecule has 0 amide bonds. The third-order valence-electron chi connectivity index (χ3n) is 13.6. The third kappa shape index (κ3) is 8.70. The predicted octanol–water partition coefficient (Wildman–Crippen LogP) is 12.9. The van der Waals surface area contributed by atoms with E-state index in [1.54, 1.807) is 11.1 Å². The second-order valence-corrected chi connectivity index (χ2v) is 39.9. The van der Waals surface area contributed by atoms with Crippen LogP contribution in [0, 0.1) is 23.7 Å². The number of nitrogens with one attached hydrogen (secondary N) is 1. The first kappa shape index (κ1) is 45.9. The van der Waals surface area contributed by atoms with Crippen LogP contribution in [0.5, 0.6) is 0 Å². The fourth-order valence-electron chi connectivity index (χ4n) is 10.3. The fraction of sp³-hybridized carbons (Fsp3) is 0.615. The van der Waals surface area contributed by atoms with Crippen LogP contribution in [0.4, 0.5) is 5.69 Å². The SMILES string of the molecule is C[CH2][Sn][CH2]c1ccc2c(n1)-c1c(CNC)cc3c4c(c(N(C)C)cc3c1C2(CCC(C)C)CCC(C)C)-c1n[c]([Sn]([CH3])([CH3])[CH3])ccc1C4(CCC(C)C)CCC(C)C. The monoisotopic (exact) mass is 998 g/mol. The summed E-state index contributed by atoms with van der Waals surface area (Å²) < 4.78 is 3.95. The molecular weight excluding hydrogens is 918 g/mol. The number of fused-ring (bicyclic) bond motifs is 9. The molecule has 2 aliphatic carbocycles. The number of hydrogen-bond donors (Lipinski definition) is 1. The summed E-state index contributed by atoms with van der Waals surface area (Å²) in [6.07, 6.45) is 9.43. The Morgan fingerprint density at radius 2 is 1.16 bits per heavy atom. The molecule has 0 saturated heterocycles. The Balaban J connectivity index is 1.85. The molecule has 2 aromatic heterocycles. The zero-order valence-corrected chi connectivity index (χ0v) is 45.1. The number of aromatic nitrogens is 2. The van der Waals surface area contributed by atoms with Crippen LogP contribution in [0.2, 0.25) is 19.3 Å². The quantitative estimate of drug-likeness (QED) is 0.0951. The van der Waals surface area contributed by atoms with Gasteiger partial charge >= 0.3 is 372 Å². The first-order chi connectivity index (χ1) is 27.4. The van der Waals surface area contributed by atoms with Gasteiger partial charge in [0.15, 0.2) is 0 Å². The van der Waals surface area contributed by atoms with Gasteiger partial charge < -0.3 is 0 Å². The topological polar surface area (TPSA) is 41.1 Å². The molecule has 0 unspecified atom stereocenters. The number of nitrogens with zero attached hydrogens (tertiary/aromatic N) is 3. The van der Waals surface area contributed by atoms with Gasteiger partial charge in [-0.05, 0) is 0 Å². The Morgan fingerprint density at radius 1 is 0.672 bits per heavy atom. The molecule has 6 heteroatoms. The van der Waals surface area contributed by atoms with Gasteiger partial charge in [-0.15, -0.1) is 0 Å². The van der Waals surface area contributed by atoms with Gasteiger partial charge in [-0.2, -0.15) is 0 Å². The summed E-state index contributed by atoms with van der Waals surface area (Å²) in [4.78, 5) is 21.6. The maximum atomic E-state index is 5.84. The van der Waals surface area contributed by atoms with Crippen LogP contribution in [0.1, 0.15) is 147 Å². The van der Waals surface area contributed by atoms with Crippen molar-refractivity contribution in [2.24, 2.45) is 23.7 Å². The van der Waals surface area contributed by atoms with Crippen molar-refractivity contribution < 1.29 is 0 Å². The van der Waals surface area contributed by atoms with Crippen LogP contribution in [0.25, 0.3) is 33.3 Å². The van der Waals surface area contributed by atoms with Crippen LogP contribution >= 0.6 is 0 Å². The van der Waals surface area contributed by atoms with E-state index in [0.717, 1.165) is 32.2 Å². The van der Waals surface area contributed by atoms with Crippen LogP contribution in [-0.4, -0.2) is 70.6 Å². The second-order valence-electron chi connectivity index (χ2n) is 21.2. The molecule has 0 aliphatic heterocycles. The van der Waals surface area contributed by atoms with Crippen molar-refractivity contribution in [2.75, 3.05) is 26.0 Å². The number of anilines is 1. The molecule has 58 heavy (non-hydrogen) atoms. The molecule has 0 bridgehead atoms. The predicted molar refractivity (Wildman–Crippen MR) is 258 cm³/mol. The first-order valence-corrected chi connectivity index (χ1v) is 37.2. The molecule has 0 atom stereocenters. The third-order valence-corrected chi connectivity index (χ3v) is 21.9. The van der Waals surface area contributed by atoms with Gasteiger partial charge in [0.05, 0.1) is 0 Å². The Kier molecular flexibility index (Phi) is 14.5. The van der Waals surface area contributed by atoms with Crippen LogP contribution in [0.15, 0.2) is 36.4 Å². The van der Waals surface area contributed by atoms with E-state index in [2.05, 4.69) is 145 Å². The molecule has 2 aliphatic rings. The second kappa shape index (κ2) is 18.4. The average Bonchev–Trinajstić information content (AvgIpc) is 3.61. The van der Waals surface area contributed by atoms with Crippen LogP contribution in [0.3, 0.4) is 0 Å². The normalized spacial score (nSPS) is 15.2. The van der Waals surface area contributed by atoms with Gasteiger partial charge in [0, 0.05) is 0 Å². The van der Waals surface area contributed by atoms with Gasteiger partial charge in [-0.25, -0.2) is 0 Å². The molecule has 1 N–H and O–H groups in total. The van der Waals surface area contributed by atoms with Crippen molar-refractivity contribution in [3.63, 3.8) is 0 Å². The van der Waals surface area contributed by atoms with Crippen molar-refractivity contribution in [2.45, 2.75) is 155 Å². The van der Waals surface area contributed by atoms with Crippen molar-refractivity contribution >= 4 is 59.7 Å². The van der Waals surface area contributed by atoms with E-state index in [-0.39, 0.29) is 10.8 Å². The van der Waals surface area contributed by atoms with E-state index in [1.807, 2.05) is 0 Å². The van der Waals surface area contributed by atoms with Crippen LogP contribution < -0.4 is 13.9 Å². The average molecular weight is 997 g/mol. The van der Waals surface area contributed by atoms with Crippen molar-refractivity contribution in [3.05, 3.63) is 69.9 Å². The zero-order valence-electron chi connectivity index (χ0n) is 39.4. The van der Waals surface area contributed by atoms with Gasteiger partial charge in [0.2, 0.25) is 0 Å². The molecule has 4 aromatic rings. The summed E-state index contributed by atoms with van der Waals surface area (Å²) in [6.45, 7) is 22.6. The standard InChI is InChI=1S/C47H64N4.C2H5.3CH3.2Sn/c1-29(2)17-21-46(22-18-30(3)4)37-14-13-25-49-44(37)41-39(51(11)12)27-36-35(43(41)46)26-34(28-48-10)40-42(36)47(23-19-31(5)6,24-20-32(7)8)38-16-15-33(9)50-45(38)40;1-2;;;;;/h13-16,26-27,29-32,48H,9,17-24,28H2,1-8,10-12H3;1H2,2H3;3*1H3;;. The Hall–Kier alpha value is -1.64. The van der Waals surface area contributed by atoms with E-state index in [1.165, 1.54) is 99.6 Å². The molecule has 0 fully saturated rings. The minimum absolute atomic E-state index is 0.0919. The summed E-state index contributed by atoms with van der Waals surface area (Å²) in [5.74, 6) is 2.51. The summed E-state index contributed by atoms with van der Waals surface area (Å²) in [5.41, 5.74) is 15.5. The summed E-state index contributed by atoms with van der Waals surface area (Å²) >= 11 is -3.00. The summed E-state index contributed by atoms with van der Waals surface area (Å²) in [7, 11) is 6.72. The Bertz CT molecular complexity index is 2060. The minimum atomic E-state index is -2.53. The molecule has 2 radical (unpaired) electrons. The zero-order chi connectivity index (χ0) is 42.3. The summed E-state index contributed by atoms with van der Waals surface area (Å²) in [5, 5.41) is 6.66. The number of pyridine rings is 2. The molecule has 6 rings (SSSR count). The Labute approximate surface area is 369 Å². The number of benzene rings is 2. The van der Waals surface area contributed by atoms with E-state index < -0.39 is 39.5 Å². The Morgan fingerprint density at radius 3 is 1.62 bits per heavy atom. The molecule has 2 aromatic carbocycles. The van der Waals surface area contributed by atoms with Gasteiger partial charge in [-0.1, -0.05) is 0 Å². The molecule has 4 nitrogen and oxygen atoms in total. The maximum absolute atomic E-state index is 5.84. The van der Waals surface area contributed by atoms with Crippen molar-refractivity contribution in [1.29, 1.82) is 0 Å². The van der Waals surface area contributed by atoms with Crippen molar-refractivity contribution in [3.8, 4) is 22.5 Å². The molecule has 314 valence electrons. The van der Waals surface area contributed by atoms with E-state index >= 15 is 0 Å². The molecule has 0 spiro atoms. The first-order valence-electron chi connectivity index (χ1n) is 23.1. The van der Waals surface area contributed by atoms with Gasteiger partial charge in [0.1, 0.15) is 0 Å². The molecule has 0 saturated carbocycles. The van der Waals surface area contributed by atoms with E-state index in [0.29, 0.717) is 23.7 Å². The van der Waals surface area contributed by atoms with Gasteiger partial charge in [-0.3, -0.25) is 0 Å². The molecular formula is C52H78N4Sn2. The fourth-order valence-corrected chi connectivity index (χ4v) is 15.3. The number of rotatable bonds is 19.